The maximum absolute atomic E-state index is 4.95. The highest BCUT2D eigenvalue weighted by Crippen LogP contribution is 2.35. The van der Waals surface area contributed by atoms with Crippen LogP contribution in [0.1, 0.15) is 19.8 Å². The molecular formula is C19H21N7S. The van der Waals surface area contributed by atoms with Crippen molar-refractivity contribution < 1.29 is 0 Å². The number of benzene rings is 1. The van der Waals surface area contributed by atoms with Crippen molar-refractivity contribution in [1.82, 2.24) is 30.5 Å². The van der Waals surface area contributed by atoms with Crippen LogP contribution in [0.25, 0.3) is 32.4 Å². The number of rotatable bonds is 5. The molecule has 1 fully saturated rings. The van der Waals surface area contributed by atoms with E-state index in [1.165, 1.54) is 29.5 Å². The molecule has 2 N–H and O–H groups in total. The van der Waals surface area contributed by atoms with Gasteiger partial charge in [0.05, 0.1) is 5.52 Å². The molecule has 0 radical (unpaired) electrons. The average Bonchev–Trinajstić information content (AvgIpc) is 3.46. The molecule has 27 heavy (non-hydrogen) atoms. The topological polar surface area (TPSA) is 82.6 Å². The van der Waals surface area contributed by atoms with Gasteiger partial charge in [-0.2, -0.15) is 0 Å². The number of hydrogen-bond donors (Lipinski definition) is 2. The Morgan fingerprint density at radius 1 is 1.30 bits per heavy atom. The predicted octanol–water partition coefficient (Wildman–Crippen LogP) is 3.53. The normalized spacial score (nSPS) is 17.9. The zero-order valence-corrected chi connectivity index (χ0v) is 16.0. The molecule has 1 aromatic carbocycles. The number of nitrogens with zero attached hydrogens (tertiary/aromatic N) is 5. The maximum Gasteiger partial charge on any atom is 0.179 e. The van der Waals surface area contributed by atoms with Crippen molar-refractivity contribution >= 4 is 38.1 Å². The van der Waals surface area contributed by atoms with Gasteiger partial charge in [-0.15, -0.1) is 16.4 Å². The second kappa shape index (κ2) is 6.86. The number of anilines is 1. The van der Waals surface area contributed by atoms with Gasteiger partial charge in [0.15, 0.2) is 5.82 Å². The van der Waals surface area contributed by atoms with Crippen LogP contribution in [0.3, 0.4) is 0 Å². The second-order valence-electron chi connectivity index (χ2n) is 6.91. The average molecular weight is 379 g/mol. The van der Waals surface area contributed by atoms with E-state index in [9.17, 15) is 0 Å². The third-order valence-electron chi connectivity index (χ3n) is 5.42. The van der Waals surface area contributed by atoms with Gasteiger partial charge in [0, 0.05) is 33.6 Å². The van der Waals surface area contributed by atoms with Gasteiger partial charge in [-0.1, -0.05) is 19.1 Å². The van der Waals surface area contributed by atoms with Crippen LogP contribution in [-0.2, 0) is 0 Å². The fourth-order valence-corrected chi connectivity index (χ4v) is 4.95. The SMILES string of the molecule is CCN1CCCC1CNc1nc2cc(-c3nnn[nH]3)ccc2c2sccc12. The van der Waals surface area contributed by atoms with Gasteiger partial charge in [-0.05, 0) is 53.9 Å². The molecule has 0 spiro atoms. The first-order chi connectivity index (χ1) is 13.3. The maximum atomic E-state index is 4.95. The van der Waals surface area contributed by atoms with Crippen molar-refractivity contribution in [3.05, 3.63) is 29.6 Å². The number of likely N-dealkylation sites (tertiary alicyclic amines) is 1. The Balaban J connectivity index is 1.53. The molecule has 1 atom stereocenters. The lowest BCUT2D eigenvalue weighted by Crippen LogP contribution is -2.34. The Labute approximate surface area is 160 Å². The highest BCUT2D eigenvalue weighted by Gasteiger charge is 2.23. The minimum Gasteiger partial charge on any atom is -0.368 e. The third-order valence-corrected chi connectivity index (χ3v) is 6.37. The Morgan fingerprint density at radius 2 is 2.26 bits per heavy atom. The molecule has 5 rings (SSSR count). The van der Waals surface area contributed by atoms with E-state index >= 15 is 0 Å². The zero-order chi connectivity index (χ0) is 18.2. The number of H-pyrrole nitrogens is 1. The first-order valence-corrected chi connectivity index (χ1v) is 10.2. The smallest absolute Gasteiger partial charge is 0.179 e. The molecule has 0 saturated carbocycles. The van der Waals surface area contributed by atoms with E-state index in [0.717, 1.165) is 35.4 Å². The van der Waals surface area contributed by atoms with Crippen LogP contribution in [0.2, 0.25) is 0 Å². The van der Waals surface area contributed by atoms with Crippen molar-refractivity contribution in [3.8, 4) is 11.4 Å². The van der Waals surface area contributed by atoms with E-state index in [0.29, 0.717) is 11.9 Å². The number of likely N-dealkylation sites (N-methyl/N-ethyl adjacent to an activating group) is 1. The quantitative estimate of drug-likeness (QED) is 0.552. The van der Waals surface area contributed by atoms with Crippen LogP contribution < -0.4 is 5.32 Å². The van der Waals surface area contributed by atoms with Crippen LogP contribution in [0.4, 0.5) is 5.82 Å². The third kappa shape index (κ3) is 2.94. The van der Waals surface area contributed by atoms with Crippen LogP contribution in [0.5, 0.6) is 0 Å². The van der Waals surface area contributed by atoms with Gasteiger partial charge >= 0.3 is 0 Å². The van der Waals surface area contributed by atoms with Crippen LogP contribution in [0.15, 0.2) is 29.6 Å². The Morgan fingerprint density at radius 3 is 3.11 bits per heavy atom. The molecule has 1 saturated heterocycles. The first-order valence-electron chi connectivity index (χ1n) is 9.36. The van der Waals surface area contributed by atoms with E-state index in [1.807, 2.05) is 6.07 Å². The van der Waals surface area contributed by atoms with Crippen molar-refractivity contribution in [2.75, 3.05) is 25.0 Å². The monoisotopic (exact) mass is 379 g/mol. The summed E-state index contributed by atoms with van der Waals surface area (Å²) in [5.74, 6) is 1.62. The van der Waals surface area contributed by atoms with Gasteiger partial charge in [0.2, 0.25) is 0 Å². The number of thiophene rings is 1. The van der Waals surface area contributed by atoms with E-state index in [-0.39, 0.29) is 0 Å². The summed E-state index contributed by atoms with van der Waals surface area (Å²) in [7, 11) is 0. The van der Waals surface area contributed by atoms with Crippen molar-refractivity contribution in [2.24, 2.45) is 0 Å². The molecule has 0 amide bonds. The standard InChI is InChI=1S/C19H21N7S/c1-2-26-8-3-4-13(26)11-20-19-15-7-9-27-17(15)14-6-5-12(10-16(14)21-19)18-22-24-25-23-18/h5-7,9-10,13H,2-4,8,11H2,1H3,(H,20,21)(H,22,23,24,25). The van der Waals surface area contributed by atoms with Gasteiger partial charge in [-0.3, -0.25) is 4.90 Å². The molecule has 7 nitrogen and oxygen atoms in total. The fraction of sp³-hybridized carbons (Fsp3) is 0.368. The number of fused-ring (bicyclic) bond motifs is 3. The lowest BCUT2D eigenvalue weighted by molar-refractivity contribution is 0.277. The molecule has 8 heteroatoms. The van der Waals surface area contributed by atoms with Gasteiger partial charge < -0.3 is 5.32 Å². The number of nitrogens with one attached hydrogen (secondary N) is 2. The first kappa shape index (κ1) is 16.6. The summed E-state index contributed by atoms with van der Waals surface area (Å²) in [5.41, 5.74) is 1.90. The van der Waals surface area contributed by atoms with Gasteiger partial charge in [0.25, 0.3) is 0 Å². The minimum absolute atomic E-state index is 0.591. The van der Waals surface area contributed by atoms with Crippen molar-refractivity contribution in [1.29, 1.82) is 0 Å². The second-order valence-corrected chi connectivity index (χ2v) is 7.83. The van der Waals surface area contributed by atoms with Crippen LogP contribution >= 0.6 is 11.3 Å². The molecule has 138 valence electrons. The lowest BCUT2D eigenvalue weighted by atomic mass is 10.1. The van der Waals surface area contributed by atoms with Crippen LogP contribution in [-0.4, -0.2) is 56.2 Å². The molecule has 3 aromatic heterocycles. The van der Waals surface area contributed by atoms with Crippen molar-refractivity contribution in [2.45, 2.75) is 25.8 Å². The Bertz CT molecular complexity index is 1070. The van der Waals surface area contributed by atoms with Gasteiger partial charge in [0.1, 0.15) is 5.82 Å². The number of hydrogen-bond acceptors (Lipinski definition) is 7. The summed E-state index contributed by atoms with van der Waals surface area (Å²) < 4.78 is 1.27. The summed E-state index contributed by atoms with van der Waals surface area (Å²) >= 11 is 1.76. The molecule has 1 unspecified atom stereocenters. The molecular weight excluding hydrogens is 358 g/mol. The van der Waals surface area contributed by atoms with E-state index < -0.39 is 0 Å². The zero-order valence-electron chi connectivity index (χ0n) is 15.1. The number of aromatic nitrogens is 5. The molecule has 1 aliphatic heterocycles. The summed E-state index contributed by atoms with van der Waals surface area (Å²) in [6, 6.07) is 8.95. The number of aromatic amines is 1. The highest BCUT2D eigenvalue weighted by atomic mass is 32.1. The van der Waals surface area contributed by atoms with Crippen molar-refractivity contribution in [3.63, 3.8) is 0 Å². The minimum atomic E-state index is 0.591. The molecule has 4 heterocycles. The molecule has 4 aromatic rings. The lowest BCUT2D eigenvalue weighted by Gasteiger charge is -2.23. The Hall–Kier alpha value is -2.58. The summed E-state index contributed by atoms with van der Waals surface area (Å²) in [4.78, 5) is 7.50. The van der Waals surface area contributed by atoms with E-state index in [4.69, 9.17) is 4.98 Å². The van der Waals surface area contributed by atoms with E-state index in [2.05, 4.69) is 61.3 Å². The Kier molecular flexibility index (Phi) is 4.21. The highest BCUT2D eigenvalue weighted by molar-refractivity contribution is 7.18. The molecule has 0 bridgehead atoms. The molecule has 0 aliphatic carbocycles. The largest absolute Gasteiger partial charge is 0.368 e. The van der Waals surface area contributed by atoms with Crippen LogP contribution in [0, 0.1) is 0 Å². The number of pyridine rings is 1. The summed E-state index contributed by atoms with van der Waals surface area (Å²) in [5, 5.41) is 22.3. The fourth-order valence-electron chi connectivity index (χ4n) is 4.02. The summed E-state index contributed by atoms with van der Waals surface area (Å²) in [6.07, 6.45) is 2.54. The van der Waals surface area contributed by atoms with Gasteiger partial charge in [-0.25, -0.2) is 10.1 Å². The predicted molar refractivity (Wildman–Crippen MR) is 109 cm³/mol. The number of tetrazole rings is 1. The molecule has 1 aliphatic rings. The summed E-state index contributed by atoms with van der Waals surface area (Å²) in [6.45, 7) is 5.49. The van der Waals surface area contributed by atoms with E-state index in [1.54, 1.807) is 11.3 Å².